The van der Waals surface area contributed by atoms with Gasteiger partial charge in [-0.05, 0) is 23.0 Å². The molecule has 8 heteroatoms. The van der Waals surface area contributed by atoms with E-state index in [9.17, 15) is 15.0 Å². The number of carbonyl (C=O) groups is 1. The molecule has 0 saturated carbocycles. The summed E-state index contributed by atoms with van der Waals surface area (Å²) in [5, 5.41) is 24.4. The molecule has 1 amide bonds. The van der Waals surface area contributed by atoms with Crippen molar-refractivity contribution in [1.29, 1.82) is 0 Å². The first-order valence-electron chi connectivity index (χ1n) is 17.3. The first-order valence-corrected chi connectivity index (χ1v) is 17.3. The Balaban J connectivity index is 1.08. The number of unbranched alkanes of at least 4 members (excludes halogenated alkanes) is 14. The fourth-order valence-electron chi connectivity index (χ4n) is 6.28. The van der Waals surface area contributed by atoms with Crippen molar-refractivity contribution in [2.75, 3.05) is 6.61 Å². The first-order chi connectivity index (χ1) is 21.6. The lowest BCUT2D eigenvalue weighted by molar-refractivity contribution is -0.242. The monoisotopic (exact) mass is 607 g/mol. The third-order valence-electron chi connectivity index (χ3n) is 8.95. The summed E-state index contributed by atoms with van der Waals surface area (Å²) in [4.78, 5) is 12.6. The molecule has 3 N–H and O–H groups in total. The molecule has 4 rings (SSSR count). The number of amides is 1. The highest BCUT2D eigenvalue weighted by Gasteiger charge is 2.50. The number of ether oxygens (including phenoxy) is 1. The van der Waals surface area contributed by atoms with Gasteiger partial charge in [0.1, 0.15) is 24.4 Å². The molecule has 0 unspecified atom stereocenters. The Morgan fingerprint density at radius 3 is 2.00 bits per heavy atom. The second kappa shape index (κ2) is 19.3. The van der Waals surface area contributed by atoms with E-state index in [0.29, 0.717) is 6.42 Å². The second-order valence-corrected chi connectivity index (χ2v) is 12.6. The summed E-state index contributed by atoms with van der Waals surface area (Å²) in [6, 6.07) is 18.0. The van der Waals surface area contributed by atoms with Crippen LogP contribution in [0.5, 0.6) is 0 Å². The Bertz CT molecular complexity index is 1090. The maximum atomic E-state index is 12.6. The number of hydrogen-bond acceptors (Lipinski definition) is 6. The van der Waals surface area contributed by atoms with Gasteiger partial charge in [-0.25, -0.2) is 0 Å². The molecule has 2 heterocycles. The number of nitrogens with one attached hydrogen (secondary N) is 1. The standard InChI is InChI=1S/C36H54BNO6/c1-2-3-4-5-6-7-8-9-10-11-12-13-14-15-19-25-32(39)38-36-34(41)33(40)35-31(43-36)27-42-37(44-35)30-24-20-23-29(26-30)28-21-17-16-18-22-28/h16-18,20-24,26,31,33-36,40-41H,2-15,19,25,27H2,1H3,(H,38,39)/t31-,33-,34-,35-,36-/m1/s1. The average Bonchev–Trinajstić information content (AvgIpc) is 3.05. The number of benzene rings is 2. The Hall–Kier alpha value is -2.23. The van der Waals surface area contributed by atoms with Crippen molar-refractivity contribution in [2.45, 2.75) is 140 Å². The number of aliphatic hydroxyl groups excluding tert-OH is 2. The van der Waals surface area contributed by atoms with Gasteiger partial charge in [0, 0.05) is 6.42 Å². The van der Waals surface area contributed by atoms with Gasteiger partial charge in [0.2, 0.25) is 5.91 Å². The van der Waals surface area contributed by atoms with Crippen LogP contribution in [0.2, 0.25) is 0 Å². The zero-order valence-corrected chi connectivity index (χ0v) is 26.7. The molecule has 242 valence electrons. The first kappa shape index (κ1) is 34.6. The van der Waals surface area contributed by atoms with E-state index in [2.05, 4.69) is 12.2 Å². The van der Waals surface area contributed by atoms with Gasteiger partial charge < -0.3 is 29.6 Å². The molecular weight excluding hydrogens is 553 g/mol. The van der Waals surface area contributed by atoms with Crippen molar-refractivity contribution in [1.82, 2.24) is 5.32 Å². The Labute approximate surface area is 265 Å². The molecule has 0 aromatic heterocycles. The van der Waals surface area contributed by atoms with Crippen LogP contribution in [0, 0.1) is 0 Å². The summed E-state index contributed by atoms with van der Waals surface area (Å²) in [6.45, 7) is 2.45. The van der Waals surface area contributed by atoms with Crippen LogP contribution in [0.3, 0.4) is 0 Å². The van der Waals surface area contributed by atoms with Gasteiger partial charge in [-0.2, -0.15) is 0 Å². The van der Waals surface area contributed by atoms with Crippen LogP contribution in [0.15, 0.2) is 54.6 Å². The molecular formula is C36H54BNO6. The van der Waals surface area contributed by atoms with Gasteiger partial charge in [-0.15, -0.1) is 0 Å². The Morgan fingerprint density at radius 1 is 0.773 bits per heavy atom. The van der Waals surface area contributed by atoms with Gasteiger partial charge >= 0.3 is 7.12 Å². The van der Waals surface area contributed by atoms with Crippen molar-refractivity contribution < 1.29 is 29.1 Å². The minimum absolute atomic E-state index is 0.178. The molecule has 0 bridgehead atoms. The normalized spacial score (nSPS) is 23.3. The van der Waals surface area contributed by atoms with Gasteiger partial charge in [0.05, 0.1) is 6.61 Å². The third kappa shape index (κ3) is 11.0. The summed E-state index contributed by atoms with van der Waals surface area (Å²) in [7, 11) is -0.693. The maximum Gasteiger partial charge on any atom is 0.494 e. The zero-order valence-electron chi connectivity index (χ0n) is 26.7. The predicted octanol–water partition coefficient (Wildman–Crippen LogP) is 6.29. The predicted molar refractivity (Wildman–Crippen MR) is 176 cm³/mol. The second-order valence-electron chi connectivity index (χ2n) is 12.6. The highest BCUT2D eigenvalue weighted by Crippen LogP contribution is 2.27. The van der Waals surface area contributed by atoms with Crippen molar-refractivity contribution in [3.63, 3.8) is 0 Å². The van der Waals surface area contributed by atoms with Gasteiger partial charge in [-0.1, -0.05) is 151 Å². The molecule has 2 aromatic carbocycles. The summed E-state index contributed by atoms with van der Waals surface area (Å²) in [5.74, 6) is -0.178. The molecule has 2 aromatic rings. The lowest BCUT2D eigenvalue weighted by Crippen LogP contribution is -2.67. The van der Waals surface area contributed by atoms with E-state index in [-0.39, 0.29) is 12.5 Å². The molecule has 44 heavy (non-hydrogen) atoms. The lowest BCUT2D eigenvalue weighted by atomic mass is 9.75. The molecule has 7 nitrogen and oxygen atoms in total. The van der Waals surface area contributed by atoms with Crippen LogP contribution >= 0.6 is 0 Å². The third-order valence-corrected chi connectivity index (χ3v) is 8.95. The van der Waals surface area contributed by atoms with Crippen LogP contribution in [-0.2, 0) is 18.8 Å². The molecule has 2 saturated heterocycles. The van der Waals surface area contributed by atoms with Crippen LogP contribution in [0.25, 0.3) is 11.1 Å². The average molecular weight is 608 g/mol. The highest BCUT2D eigenvalue weighted by molar-refractivity contribution is 6.61. The summed E-state index contributed by atoms with van der Waals surface area (Å²) < 4.78 is 18.0. The quantitative estimate of drug-likeness (QED) is 0.128. The van der Waals surface area contributed by atoms with Crippen molar-refractivity contribution in [2.24, 2.45) is 0 Å². The van der Waals surface area contributed by atoms with Crippen LogP contribution in [-0.4, -0.2) is 60.5 Å². The van der Waals surface area contributed by atoms with E-state index < -0.39 is 37.8 Å². The number of carbonyl (C=O) groups excluding carboxylic acids is 1. The fourth-order valence-corrected chi connectivity index (χ4v) is 6.28. The minimum atomic E-state index is -1.30. The van der Waals surface area contributed by atoms with E-state index in [4.69, 9.17) is 14.0 Å². The lowest BCUT2D eigenvalue weighted by Gasteiger charge is -2.46. The fraction of sp³-hybridized carbons (Fsp3) is 0.639. The molecule has 5 atom stereocenters. The molecule has 2 aliphatic heterocycles. The Kier molecular flexibility index (Phi) is 15.2. The zero-order chi connectivity index (χ0) is 31.0. The number of fused-ring (bicyclic) bond motifs is 1. The summed E-state index contributed by atoms with van der Waals surface area (Å²) in [6.07, 6.45) is 14.6. The van der Waals surface area contributed by atoms with Crippen molar-refractivity contribution in [3.8, 4) is 11.1 Å². The van der Waals surface area contributed by atoms with Gasteiger partial charge in [0.15, 0.2) is 6.23 Å². The van der Waals surface area contributed by atoms with Crippen LogP contribution in [0.4, 0.5) is 0 Å². The summed E-state index contributed by atoms with van der Waals surface area (Å²) in [5.41, 5.74) is 2.95. The molecule has 2 aliphatic rings. The largest absolute Gasteiger partial charge is 0.494 e. The topological polar surface area (TPSA) is 97.3 Å². The van der Waals surface area contributed by atoms with Crippen molar-refractivity contribution in [3.05, 3.63) is 54.6 Å². The van der Waals surface area contributed by atoms with E-state index in [1.165, 1.54) is 77.0 Å². The van der Waals surface area contributed by atoms with E-state index >= 15 is 0 Å². The maximum absolute atomic E-state index is 12.6. The van der Waals surface area contributed by atoms with Crippen LogP contribution in [0.1, 0.15) is 110 Å². The number of aliphatic hydroxyl groups is 2. The van der Waals surface area contributed by atoms with Crippen LogP contribution < -0.4 is 10.8 Å². The number of rotatable bonds is 19. The minimum Gasteiger partial charge on any atom is -0.404 e. The van der Waals surface area contributed by atoms with E-state index in [1.54, 1.807) is 0 Å². The molecule has 0 spiro atoms. The van der Waals surface area contributed by atoms with Gasteiger partial charge in [-0.3, -0.25) is 4.79 Å². The van der Waals surface area contributed by atoms with Crippen molar-refractivity contribution >= 4 is 18.5 Å². The van der Waals surface area contributed by atoms with Gasteiger partial charge in [0.25, 0.3) is 0 Å². The SMILES string of the molecule is CCCCCCCCCCCCCCCCCC(=O)N[C@@H]1O[C@@H]2COB(c3cccc(-c4ccccc4)c3)O[C@H]2[C@H](O)[C@H]1O. The van der Waals surface area contributed by atoms with E-state index in [1.807, 2.05) is 54.6 Å². The smallest absolute Gasteiger partial charge is 0.404 e. The summed E-state index contributed by atoms with van der Waals surface area (Å²) >= 11 is 0. The molecule has 0 aliphatic carbocycles. The molecule has 2 fully saturated rings. The van der Waals surface area contributed by atoms with E-state index in [0.717, 1.165) is 35.9 Å². The Morgan fingerprint density at radius 2 is 1.36 bits per heavy atom. The number of hydrogen-bond donors (Lipinski definition) is 3. The highest BCUT2D eigenvalue weighted by atomic mass is 16.7. The molecule has 0 radical (unpaired) electrons.